The van der Waals surface area contributed by atoms with Crippen LogP contribution in [0.5, 0.6) is 5.88 Å². The third-order valence-corrected chi connectivity index (χ3v) is 3.28. The highest BCUT2D eigenvalue weighted by molar-refractivity contribution is 5.99. The van der Waals surface area contributed by atoms with Crippen LogP contribution in [0, 0.1) is 11.6 Å². The van der Waals surface area contributed by atoms with Gasteiger partial charge in [0.2, 0.25) is 0 Å². The number of anilines is 2. The topological polar surface area (TPSA) is 76.1 Å². The number of para-hydroxylation sites is 1. The minimum Gasteiger partial charge on any atom is -0.470 e. The zero-order chi connectivity index (χ0) is 18.4. The monoisotopic (exact) mass is 356 g/mol. The number of urea groups is 1. The van der Waals surface area contributed by atoms with Gasteiger partial charge in [-0.25, -0.2) is 23.5 Å². The summed E-state index contributed by atoms with van der Waals surface area (Å²) < 4.78 is 32.3. The van der Waals surface area contributed by atoms with Crippen LogP contribution in [0.25, 0.3) is 0 Å². The van der Waals surface area contributed by atoms with Crippen molar-refractivity contribution >= 4 is 17.5 Å². The van der Waals surface area contributed by atoms with Crippen molar-refractivity contribution in [3.05, 3.63) is 78.1 Å². The average molecular weight is 356 g/mol. The van der Waals surface area contributed by atoms with Crippen LogP contribution in [-0.2, 0) is 6.61 Å². The number of rotatable bonds is 5. The van der Waals surface area contributed by atoms with Crippen LogP contribution >= 0.6 is 0 Å². The third-order valence-electron chi connectivity index (χ3n) is 3.28. The fourth-order valence-electron chi connectivity index (χ4n) is 2.12. The lowest BCUT2D eigenvalue weighted by Gasteiger charge is -2.11. The van der Waals surface area contributed by atoms with Gasteiger partial charge in [0.15, 0.2) is 5.82 Å². The highest BCUT2D eigenvalue weighted by Gasteiger charge is 2.12. The van der Waals surface area contributed by atoms with E-state index in [1.165, 1.54) is 42.7 Å². The number of hydrogen-bond donors (Lipinski definition) is 2. The number of benzene rings is 2. The summed E-state index contributed by atoms with van der Waals surface area (Å²) >= 11 is 0. The van der Waals surface area contributed by atoms with Gasteiger partial charge in [0.1, 0.15) is 18.2 Å². The molecule has 1 aromatic heterocycles. The third kappa shape index (κ3) is 4.50. The van der Waals surface area contributed by atoms with E-state index in [1.54, 1.807) is 18.2 Å². The van der Waals surface area contributed by atoms with Crippen molar-refractivity contribution in [2.45, 2.75) is 6.61 Å². The molecular weight excluding hydrogens is 342 g/mol. The SMILES string of the molecule is O=C(Nc1ccccc1F)Nc1nccnc1OCc1cccc(F)c1. The quantitative estimate of drug-likeness (QED) is 0.725. The van der Waals surface area contributed by atoms with Crippen LogP contribution in [0.2, 0.25) is 0 Å². The van der Waals surface area contributed by atoms with Gasteiger partial charge in [-0.1, -0.05) is 24.3 Å². The normalized spacial score (nSPS) is 10.2. The maximum absolute atomic E-state index is 13.6. The number of aromatic nitrogens is 2. The zero-order valence-electron chi connectivity index (χ0n) is 13.4. The van der Waals surface area contributed by atoms with Crippen molar-refractivity contribution in [2.75, 3.05) is 10.6 Å². The number of carbonyl (C=O) groups excluding carboxylic acids is 1. The Morgan fingerprint density at radius 3 is 2.62 bits per heavy atom. The molecule has 0 radical (unpaired) electrons. The van der Waals surface area contributed by atoms with E-state index in [4.69, 9.17) is 4.74 Å². The lowest BCUT2D eigenvalue weighted by molar-refractivity contribution is 0.261. The summed E-state index contributed by atoms with van der Waals surface area (Å²) in [5.41, 5.74) is 0.619. The molecule has 2 aromatic carbocycles. The molecule has 0 saturated heterocycles. The van der Waals surface area contributed by atoms with E-state index in [1.807, 2.05) is 0 Å². The van der Waals surface area contributed by atoms with E-state index >= 15 is 0 Å². The summed E-state index contributed by atoms with van der Waals surface area (Å²) in [7, 11) is 0. The smallest absolute Gasteiger partial charge is 0.325 e. The summed E-state index contributed by atoms with van der Waals surface area (Å²) in [6.07, 6.45) is 2.76. The fraction of sp³-hybridized carbons (Fsp3) is 0.0556. The van der Waals surface area contributed by atoms with Crippen molar-refractivity contribution in [1.29, 1.82) is 0 Å². The number of ether oxygens (including phenoxy) is 1. The molecule has 0 aliphatic heterocycles. The maximum Gasteiger partial charge on any atom is 0.325 e. The van der Waals surface area contributed by atoms with Gasteiger partial charge < -0.3 is 10.1 Å². The molecule has 0 saturated carbocycles. The number of nitrogens with zero attached hydrogens (tertiary/aromatic N) is 2. The highest BCUT2D eigenvalue weighted by atomic mass is 19.1. The van der Waals surface area contributed by atoms with Crippen LogP contribution in [-0.4, -0.2) is 16.0 Å². The van der Waals surface area contributed by atoms with Gasteiger partial charge >= 0.3 is 6.03 Å². The number of amides is 2. The first kappa shape index (κ1) is 17.3. The maximum atomic E-state index is 13.6. The summed E-state index contributed by atoms with van der Waals surface area (Å²) in [5.74, 6) is -0.838. The zero-order valence-corrected chi connectivity index (χ0v) is 13.4. The van der Waals surface area contributed by atoms with Gasteiger partial charge in [-0.3, -0.25) is 5.32 Å². The van der Waals surface area contributed by atoms with Gasteiger partial charge in [-0.2, -0.15) is 0 Å². The first-order valence-electron chi connectivity index (χ1n) is 7.62. The summed E-state index contributed by atoms with van der Waals surface area (Å²) in [5, 5.41) is 4.81. The molecular formula is C18H14F2N4O2. The van der Waals surface area contributed by atoms with Gasteiger partial charge in [0.05, 0.1) is 5.69 Å². The highest BCUT2D eigenvalue weighted by Crippen LogP contribution is 2.20. The lowest BCUT2D eigenvalue weighted by Crippen LogP contribution is -2.21. The van der Waals surface area contributed by atoms with E-state index in [-0.39, 0.29) is 29.8 Å². The van der Waals surface area contributed by atoms with Gasteiger partial charge in [-0.15, -0.1) is 0 Å². The Hall–Kier alpha value is -3.55. The molecule has 0 fully saturated rings. The largest absolute Gasteiger partial charge is 0.470 e. The average Bonchev–Trinajstić information content (AvgIpc) is 2.63. The van der Waals surface area contributed by atoms with Crippen molar-refractivity contribution < 1.29 is 18.3 Å². The summed E-state index contributed by atoms with van der Waals surface area (Å²) in [6, 6.07) is 11.0. The standard InChI is InChI=1S/C18H14F2N4O2/c19-13-5-3-4-12(10-13)11-26-17-16(21-8-9-22-17)24-18(25)23-15-7-2-1-6-14(15)20/h1-10H,11H2,(H2,21,23,24,25). The van der Waals surface area contributed by atoms with Crippen LogP contribution in [0.15, 0.2) is 60.9 Å². The minimum atomic E-state index is -0.703. The predicted octanol–water partition coefficient (Wildman–Crippen LogP) is 3.98. The molecule has 3 aromatic rings. The van der Waals surface area contributed by atoms with E-state index in [0.717, 1.165) is 0 Å². The molecule has 6 nitrogen and oxygen atoms in total. The van der Waals surface area contributed by atoms with Crippen molar-refractivity contribution in [3.63, 3.8) is 0 Å². The van der Waals surface area contributed by atoms with Crippen LogP contribution in [0.4, 0.5) is 25.1 Å². The Balaban J connectivity index is 1.67. The summed E-state index contributed by atoms with van der Waals surface area (Å²) in [6.45, 7) is 0.0417. The molecule has 2 amide bonds. The van der Waals surface area contributed by atoms with Crippen LogP contribution in [0.1, 0.15) is 5.56 Å². The number of hydrogen-bond acceptors (Lipinski definition) is 4. The Bertz CT molecular complexity index is 921. The van der Waals surface area contributed by atoms with Crippen molar-refractivity contribution in [3.8, 4) is 5.88 Å². The minimum absolute atomic E-state index is 0.0242. The molecule has 2 N–H and O–H groups in total. The molecule has 0 bridgehead atoms. The molecule has 0 atom stereocenters. The lowest BCUT2D eigenvalue weighted by atomic mass is 10.2. The van der Waals surface area contributed by atoms with E-state index in [9.17, 15) is 13.6 Å². The Kier molecular flexibility index (Phi) is 5.33. The molecule has 0 spiro atoms. The Morgan fingerprint density at radius 1 is 1.00 bits per heavy atom. The molecule has 132 valence electrons. The van der Waals surface area contributed by atoms with Gasteiger partial charge in [0, 0.05) is 12.4 Å². The molecule has 0 aliphatic rings. The molecule has 8 heteroatoms. The second-order valence-electron chi connectivity index (χ2n) is 5.19. The van der Waals surface area contributed by atoms with Crippen LogP contribution in [0.3, 0.4) is 0 Å². The van der Waals surface area contributed by atoms with Crippen LogP contribution < -0.4 is 15.4 Å². The van der Waals surface area contributed by atoms with E-state index in [2.05, 4.69) is 20.6 Å². The molecule has 0 aliphatic carbocycles. The second-order valence-corrected chi connectivity index (χ2v) is 5.19. The molecule has 26 heavy (non-hydrogen) atoms. The Morgan fingerprint density at radius 2 is 1.81 bits per heavy atom. The first-order chi connectivity index (χ1) is 12.6. The number of carbonyl (C=O) groups is 1. The fourth-order valence-corrected chi connectivity index (χ4v) is 2.12. The summed E-state index contributed by atoms with van der Waals surface area (Å²) in [4.78, 5) is 20.0. The van der Waals surface area contributed by atoms with E-state index < -0.39 is 11.8 Å². The predicted molar refractivity (Wildman–Crippen MR) is 91.8 cm³/mol. The molecule has 0 unspecified atom stereocenters. The van der Waals surface area contributed by atoms with Gasteiger partial charge in [0.25, 0.3) is 5.88 Å². The number of halogens is 2. The first-order valence-corrected chi connectivity index (χ1v) is 7.62. The van der Waals surface area contributed by atoms with E-state index in [0.29, 0.717) is 5.56 Å². The molecule has 1 heterocycles. The van der Waals surface area contributed by atoms with Crippen molar-refractivity contribution in [1.82, 2.24) is 9.97 Å². The van der Waals surface area contributed by atoms with Gasteiger partial charge in [-0.05, 0) is 29.8 Å². The second kappa shape index (κ2) is 8.02. The number of nitrogens with one attached hydrogen (secondary N) is 2. The molecule has 3 rings (SSSR count). The van der Waals surface area contributed by atoms with Crippen molar-refractivity contribution in [2.24, 2.45) is 0 Å². The Labute approximate surface area is 147 Å².